The molecule has 4 rings (SSSR count). The molecule has 1 atom stereocenters. The van der Waals surface area contributed by atoms with Crippen LogP contribution in [0, 0.1) is 5.82 Å². The first-order valence-corrected chi connectivity index (χ1v) is 9.63. The first kappa shape index (κ1) is 21.6. The lowest BCUT2D eigenvalue weighted by molar-refractivity contribution is -0.260. The van der Waals surface area contributed by atoms with Gasteiger partial charge in [-0.15, -0.1) is 0 Å². The molecule has 4 aromatic rings. The zero-order valence-corrected chi connectivity index (χ0v) is 16.9. The summed E-state index contributed by atoms with van der Waals surface area (Å²) in [5, 5.41) is 18.0. The average Bonchev–Trinajstić information content (AvgIpc) is 3.20. The Kier molecular flexibility index (Phi) is 5.52. The van der Waals surface area contributed by atoms with Crippen molar-refractivity contribution in [3.05, 3.63) is 84.3 Å². The highest BCUT2D eigenvalue weighted by molar-refractivity contribution is 5.81. The Morgan fingerprint density at radius 1 is 1.03 bits per heavy atom. The summed E-state index contributed by atoms with van der Waals surface area (Å²) in [5.41, 5.74) is -2.11. The van der Waals surface area contributed by atoms with Crippen LogP contribution in [-0.4, -0.2) is 34.7 Å². The molecule has 0 saturated carbocycles. The smallest absolute Gasteiger partial charge is 0.423 e. The predicted molar refractivity (Wildman–Crippen MR) is 112 cm³/mol. The number of aromatic nitrogens is 2. The van der Waals surface area contributed by atoms with Gasteiger partial charge in [-0.05, 0) is 54.1 Å². The van der Waals surface area contributed by atoms with Crippen LogP contribution in [0.15, 0.2) is 72.9 Å². The Morgan fingerprint density at radius 3 is 2.44 bits per heavy atom. The van der Waals surface area contributed by atoms with Gasteiger partial charge in [0, 0.05) is 5.39 Å². The second kappa shape index (κ2) is 8.16. The number of methoxy groups -OCH3 is 1. The van der Waals surface area contributed by atoms with Crippen molar-refractivity contribution in [2.45, 2.75) is 11.8 Å². The summed E-state index contributed by atoms with van der Waals surface area (Å²) >= 11 is 0. The molecule has 0 amide bonds. The zero-order chi connectivity index (χ0) is 22.9. The van der Waals surface area contributed by atoms with E-state index in [1.165, 1.54) is 60.5 Å². The van der Waals surface area contributed by atoms with E-state index < -0.39 is 24.1 Å². The molecule has 5 nitrogen and oxygen atoms in total. The van der Waals surface area contributed by atoms with Gasteiger partial charge in [-0.25, -0.2) is 9.07 Å². The molecule has 0 saturated heterocycles. The van der Waals surface area contributed by atoms with Crippen LogP contribution in [0.5, 0.6) is 5.75 Å². The van der Waals surface area contributed by atoms with Gasteiger partial charge in [0.2, 0.25) is 5.60 Å². The number of hydrogen-bond donors (Lipinski definition) is 2. The van der Waals surface area contributed by atoms with Crippen molar-refractivity contribution in [3.63, 3.8) is 0 Å². The summed E-state index contributed by atoms with van der Waals surface area (Å²) in [7, 11) is 1.41. The molecular weight excluding hydrogens is 426 g/mol. The third-order valence-electron chi connectivity index (χ3n) is 5.23. The van der Waals surface area contributed by atoms with E-state index in [2.05, 4.69) is 10.4 Å². The van der Waals surface area contributed by atoms with Gasteiger partial charge in [-0.3, -0.25) is 0 Å². The molecule has 0 fully saturated rings. The number of para-hydroxylation sites is 2. The highest BCUT2D eigenvalue weighted by Crippen LogP contribution is 2.40. The van der Waals surface area contributed by atoms with Crippen molar-refractivity contribution in [2.24, 2.45) is 0 Å². The molecule has 0 aliphatic rings. The number of halogens is 4. The van der Waals surface area contributed by atoms with Gasteiger partial charge in [-0.1, -0.05) is 18.2 Å². The van der Waals surface area contributed by atoms with E-state index in [-0.39, 0.29) is 5.56 Å². The van der Waals surface area contributed by atoms with Crippen LogP contribution in [0.4, 0.5) is 23.2 Å². The van der Waals surface area contributed by atoms with Crippen molar-refractivity contribution in [3.8, 4) is 11.4 Å². The fourth-order valence-electron chi connectivity index (χ4n) is 3.46. The monoisotopic (exact) mass is 445 g/mol. The number of anilines is 1. The Hall–Kier alpha value is -3.59. The molecule has 0 radical (unpaired) electrons. The molecule has 1 aromatic heterocycles. The van der Waals surface area contributed by atoms with Gasteiger partial charge in [0.1, 0.15) is 11.6 Å². The lowest BCUT2D eigenvalue weighted by Crippen LogP contribution is -2.47. The van der Waals surface area contributed by atoms with Crippen molar-refractivity contribution in [1.82, 2.24) is 9.78 Å². The summed E-state index contributed by atoms with van der Waals surface area (Å²) in [5.74, 6) is -0.0571. The molecule has 0 spiro atoms. The van der Waals surface area contributed by atoms with Crippen molar-refractivity contribution in [2.75, 3.05) is 19.0 Å². The maximum atomic E-state index is 14.0. The van der Waals surface area contributed by atoms with Gasteiger partial charge < -0.3 is 15.2 Å². The van der Waals surface area contributed by atoms with Crippen LogP contribution in [0.3, 0.4) is 0 Å². The summed E-state index contributed by atoms with van der Waals surface area (Å²) in [6, 6.07) is 16.0. The molecule has 3 aromatic carbocycles. The van der Waals surface area contributed by atoms with Crippen LogP contribution in [-0.2, 0) is 5.60 Å². The topological polar surface area (TPSA) is 59.3 Å². The number of fused-ring (bicyclic) bond motifs is 1. The highest BCUT2D eigenvalue weighted by atomic mass is 19.4. The van der Waals surface area contributed by atoms with Crippen molar-refractivity contribution < 1.29 is 27.4 Å². The van der Waals surface area contributed by atoms with Crippen LogP contribution in [0.1, 0.15) is 5.56 Å². The van der Waals surface area contributed by atoms with E-state index in [0.29, 0.717) is 28.0 Å². The normalized spacial score (nSPS) is 13.7. The maximum Gasteiger partial charge on any atom is 0.423 e. The van der Waals surface area contributed by atoms with E-state index in [4.69, 9.17) is 4.74 Å². The van der Waals surface area contributed by atoms with Gasteiger partial charge in [0.25, 0.3) is 0 Å². The maximum absolute atomic E-state index is 14.0. The Balaban J connectivity index is 1.70. The first-order chi connectivity index (χ1) is 15.2. The number of alkyl halides is 3. The Bertz CT molecular complexity index is 1240. The van der Waals surface area contributed by atoms with Crippen molar-refractivity contribution >= 4 is 16.6 Å². The zero-order valence-electron chi connectivity index (χ0n) is 16.9. The minimum absolute atomic E-state index is 0.322. The summed E-state index contributed by atoms with van der Waals surface area (Å²) in [6.45, 7) is -0.825. The minimum atomic E-state index is -4.96. The largest absolute Gasteiger partial charge is 0.495 e. The van der Waals surface area contributed by atoms with E-state index in [0.717, 1.165) is 0 Å². The van der Waals surface area contributed by atoms with Gasteiger partial charge in [0.05, 0.1) is 36.7 Å². The quantitative estimate of drug-likeness (QED) is 0.409. The molecule has 32 heavy (non-hydrogen) atoms. The molecule has 166 valence electrons. The molecule has 9 heteroatoms. The van der Waals surface area contributed by atoms with E-state index in [1.807, 2.05) is 0 Å². The highest BCUT2D eigenvalue weighted by Gasteiger charge is 2.55. The summed E-state index contributed by atoms with van der Waals surface area (Å²) < 4.78 is 61.9. The van der Waals surface area contributed by atoms with Gasteiger partial charge in [0.15, 0.2) is 0 Å². The molecule has 1 unspecified atom stereocenters. The van der Waals surface area contributed by atoms with Gasteiger partial charge >= 0.3 is 6.18 Å². The van der Waals surface area contributed by atoms with Crippen LogP contribution in [0.2, 0.25) is 0 Å². The fourth-order valence-corrected chi connectivity index (χ4v) is 3.46. The molecular formula is C23H19F4N3O2. The molecule has 0 aliphatic heterocycles. The number of nitrogens with one attached hydrogen (secondary N) is 1. The van der Waals surface area contributed by atoms with E-state index >= 15 is 0 Å². The van der Waals surface area contributed by atoms with Gasteiger partial charge in [-0.2, -0.15) is 18.3 Å². The Labute approximate surface area is 180 Å². The lowest BCUT2D eigenvalue weighted by atomic mass is 9.92. The second-order valence-electron chi connectivity index (χ2n) is 7.22. The third kappa shape index (κ3) is 3.87. The fraction of sp³-hybridized carbons (Fsp3) is 0.174. The number of nitrogens with zero attached hydrogens (tertiary/aromatic N) is 2. The summed E-state index contributed by atoms with van der Waals surface area (Å²) in [4.78, 5) is 0. The molecule has 2 N–H and O–H groups in total. The van der Waals surface area contributed by atoms with Crippen molar-refractivity contribution in [1.29, 1.82) is 0 Å². The van der Waals surface area contributed by atoms with Crippen LogP contribution < -0.4 is 10.1 Å². The lowest BCUT2D eigenvalue weighted by Gasteiger charge is -2.31. The molecule has 1 heterocycles. The van der Waals surface area contributed by atoms with Crippen LogP contribution in [0.25, 0.3) is 16.6 Å². The average molecular weight is 445 g/mol. The summed E-state index contributed by atoms with van der Waals surface area (Å²) in [6.07, 6.45) is -3.56. The molecule has 0 aliphatic carbocycles. The van der Waals surface area contributed by atoms with E-state index in [9.17, 15) is 22.7 Å². The third-order valence-corrected chi connectivity index (χ3v) is 5.23. The predicted octanol–water partition coefficient (Wildman–Crippen LogP) is 5.04. The van der Waals surface area contributed by atoms with E-state index in [1.54, 1.807) is 24.3 Å². The van der Waals surface area contributed by atoms with Crippen LogP contribution >= 0.6 is 0 Å². The first-order valence-electron chi connectivity index (χ1n) is 9.63. The standard InChI is InChI=1S/C23H19F4N3O2/c1-32-21-5-3-2-4-19(21)28-14-22(31,23(25,26)27)16-6-11-20-15(12-16)13-29-30(20)18-9-7-17(24)8-10-18/h2-13,28,31H,14H2,1H3. The molecule has 0 bridgehead atoms. The number of ether oxygens (including phenoxy) is 1. The number of aliphatic hydroxyl groups is 1. The second-order valence-corrected chi connectivity index (χ2v) is 7.22. The number of benzene rings is 3. The Morgan fingerprint density at radius 2 is 1.75 bits per heavy atom. The number of hydrogen-bond acceptors (Lipinski definition) is 4. The minimum Gasteiger partial charge on any atom is -0.495 e. The number of rotatable bonds is 6. The SMILES string of the molecule is COc1ccccc1NCC(O)(c1ccc2c(cnn2-c2ccc(F)cc2)c1)C(F)(F)F.